The Hall–Kier alpha value is -1.12. The summed E-state index contributed by atoms with van der Waals surface area (Å²) in [5.74, 6) is 0.584. The van der Waals surface area contributed by atoms with Crippen LogP contribution in [0.4, 0.5) is 0 Å². The third kappa shape index (κ3) is 2.41. The van der Waals surface area contributed by atoms with E-state index in [4.69, 9.17) is 0 Å². The Kier molecular flexibility index (Phi) is 2.86. The fourth-order valence-corrected chi connectivity index (χ4v) is 1.35. The Morgan fingerprint density at radius 1 is 1.62 bits per heavy atom. The van der Waals surface area contributed by atoms with Crippen molar-refractivity contribution in [1.29, 1.82) is 0 Å². The van der Waals surface area contributed by atoms with Crippen LogP contribution in [-0.2, 0) is 7.05 Å². The molecular weight excluding hydrogens is 164 g/mol. The monoisotopic (exact) mass is 180 g/mol. The Morgan fingerprint density at radius 3 is 2.62 bits per heavy atom. The van der Waals surface area contributed by atoms with Gasteiger partial charge in [0.05, 0.1) is 5.69 Å². The average molecular weight is 180 g/mol. The summed E-state index contributed by atoms with van der Waals surface area (Å²) < 4.78 is 1.65. The number of hydrogen-bond donors (Lipinski definition) is 0. The Morgan fingerprint density at radius 2 is 2.23 bits per heavy atom. The molecule has 0 atom stereocenters. The largest absolute Gasteiger partial charge is 0.292 e. The standard InChI is InChI=1S/C10H16N2O/c1-7(2)5-10(13)9-6-8(3)11-12(9)4/h6-7H,5H2,1-4H3. The van der Waals surface area contributed by atoms with Crippen molar-refractivity contribution in [2.45, 2.75) is 27.2 Å². The Bertz CT molecular complexity index is 313. The minimum atomic E-state index is 0.179. The van der Waals surface area contributed by atoms with Gasteiger partial charge in [0, 0.05) is 13.5 Å². The van der Waals surface area contributed by atoms with Crippen LogP contribution < -0.4 is 0 Å². The summed E-state index contributed by atoms with van der Waals surface area (Å²) >= 11 is 0. The van der Waals surface area contributed by atoms with E-state index in [2.05, 4.69) is 5.10 Å². The molecule has 1 heterocycles. The highest BCUT2D eigenvalue weighted by molar-refractivity contribution is 5.94. The maximum absolute atomic E-state index is 11.6. The molecule has 0 unspecified atom stereocenters. The molecule has 1 aromatic heterocycles. The number of carbonyl (C=O) groups excluding carboxylic acids is 1. The molecule has 0 spiro atoms. The number of carbonyl (C=O) groups is 1. The fraction of sp³-hybridized carbons (Fsp3) is 0.600. The maximum Gasteiger partial charge on any atom is 0.181 e. The molecule has 72 valence electrons. The molecule has 3 nitrogen and oxygen atoms in total. The molecule has 13 heavy (non-hydrogen) atoms. The van der Waals surface area contributed by atoms with E-state index in [1.807, 2.05) is 26.8 Å². The molecule has 0 aliphatic heterocycles. The molecule has 0 saturated heterocycles. The van der Waals surface area contributed by atoms with E-state index in [1.165, 1.54) is 0 Å². The minimum absolute atomic E-state index is 0.179. The number of aromatic nitrogens is 2. The number of Topliss-reactive ketones (excluding diaryl/α,β-unsaturated/α-hetero) is 1. The average Bonchev–Trinajstić information content (AvgIpc) is 2.28. The van der Waals surface area contributed by atoms with Gasteiger partial charge in [0.15, 0.2) is 5.78 Å². The third-order valence-corrected chi connectivity index (χ3v) is 1.88. The smallest absolute Gasteiger partial charge is 0.181 e. The zero-order valence-electron chi connectivity index (χ0n) is 8.66. The van der Waals surface area contributed by atoms with E-state index >= 15 is 0 Å². The van der Waals surface area contributed by atoms with Gasteiger partial charge in [-0.15, -0.1) is 0 Å². The van der Waals surface area contributed by atoms with Crippen LogP contribution in [0, 0.1) is 12.8 Å². The second-order valence-corrected chi connectivity index (χ2v) is 3.82. The van der Waals surface area contributed by atoms with E-state index in [1.54, 1.807) is 11.7 Å². The maximum atomic E-state index is 11.6. The van der Waals surface area contributed by atoms with Crippen molar-refractivity contribution < 1.29 is 4.79 Å². The number of rotatable bonds is 3. The van der Waals surface area contributed by atoms with Gasteiger partial charge in [-0.25, -0.2) is 0 Å². The lowest BCUT2D eigenvalue weighted by Crippen LogP contribution is -2.09. The lowest BCUT2D eigenvalue weighted by atomic mass is 10.1. The van der Waals surface area contributed by atoms with Gasteiger partial charge in [-0.1, -0.05) is 13.8 Å². The quantitative estimate of drug-likeness (QED) is 0.666. The van der Waals surface area contributed by atoms with Gasteiger partial charge in [0.2, 0.25) is 0 Å². The predicted octanol–water partition coefficient (Wildman–Crippen LogP) is 1.96. The lowest BCUT2D eigenvalue weighted by Gasteiger charge is -2.03. The topological polar surface area (TPSA) is 34.9 Å². The first-order valence-electron chi connectivity index (χ1n) is 4.54. The van der Waals surface area contributed by atoms with Gasteiger partial charge in [0.1, 0.15) is 5.69 Å². The Labute approximate surface area is 78.8 Å². The van der Waals surface area contributed by atoms with Crippen molar-refractivity contribution in [2.24, 2.45) is 13.0 Å². The summed E-state index contributed by atoms with van der Waals surface area (Å²) in [7, 11) is 1.81. The zero-order valence-corrected chi connectivity index (χ0v) is 8.66. The van der Waals surface area contributed by atoms with Crippen LogP contribution in [0.2, 0.25) is 0 Å². The summed E-state index contributed by atoms with van der Waals surface area (Å²) in [4.78, 5) is 11.6. The van der Waals surface area contributed by atoms with Crippen molar-refractivity contribution in [1.82, 2.24) is 9.78 Å². The van der Waals surface area contributed by atoms with Crippen LogP contribution >= 0.6 is 0 Å². The zero-order chi connectivity index (χ0) is 10.0. The van der Waals surface area contributed by atoms with E-state index in [-0.39, 0.29) is 5.78 Å². The van der Waals surface area contributed by atoms with Crippen molar-refractivity contribution in [3.05, 3.63) is 17.5 Å². The molecular formula is C10H16N2O. The minimum Gasteiger partial charge on any atom is -0.292 e. The molecule has 1 aromatic rings. The van der Waals surface area contributed by atoms with E-state index in [0.29, 0.717) is 18.0 Å². The summed E-state index contributed by atoms with van der Waals surface area (Å²) in [5.41, 5.74) is 1.61. The molecule has 0 bridgehead atoms. The molecule has 0 radical (unpaired) electrons. The van der Waals surface area contributed by atoms with Gasteiger partial charge in [-0.2, -0.15) is 5.10 Å². The highest BCUT2D eigenvalue weighted by Gasteiger charge is 2.12. The summed E-state index contributed by atoms with van der Waals surface area (Å²) in [6.07, 6.45) is 0.596. The van der Waals surface area contributed by atoms with Gasteiger partial charge >= 0.3 is 0 Å². The van der Waals surface area contributed by atoms with Crippen molar-refractivity contribution >= 4 is 5.78 Å². The van der Waals surface area contributed by atoms with Crippen LogP contribution in [-0.4, -0.2) is 15.6 Å². The molecule has 0 aliphatic rings. The van der Waals surface area contributed by atoms with Crippen LogP contribution in [0.1, 0.15) is 36.5 Å². The number of nitrogens with zero attached hydrogens (tertiary/aromatic N) is 2. The van der Waals surface area contributed by atoms with Gasteiger partial charge < -0.3 is 0 Å². The van der Waals surface area contributed by atoms with E-state index in [9.17, 15) is 4.79 Å². The number of aryl methyl sites for hydroxylation is 2. The fourth-order valence-electron chi connectivity index (χ4n) is 1.35. The second kappa shape index (κ2) is 3.73. The predicted molar refractivity (Wildman–Crippen MR) is 51.7 cm³/mol. The third-order valence-electron chi connectivity index (χ3n) is 1.88. The Balaban J connectivity index is 2.82. The molecule has 0 aromatic carbocycles. The molecule has 0 saturated carbocycles. The molecule has 0 fully saturated rings. The summed E-state index contributed by atoms with van der Waals surface area (Å²) in [6.45, 7) is 5.98. The molecule has 0 aliphatic carbocycles. The lowest BCUT2D eigenvalue weighted by molar-refractivity contribution is 0.0958. The van der Waals surface area contributed by atoms with E-state index < -0.39 is 0 Å². The highest BCUT2D eigenvalue weighted by atomic mass is 16.1. The van der Waals surface area contributed by atoms with Crippen LogP contribution in [0.25, 0.3) is 0 Å². The van der Waals surface area contributed by atoms with Gasteiger partial charge in [0.25, 0.3) is 0 Å². The van der Waals surface area contributed by atoms with Crippen LogP contribution in [0.5, 0.6) is 0 Å². The first-order chi connectivity index (χ1) is 6.00. The molecule has 1 rings (SSSR count). The van der Waals surface area contributed by atoms with Crippen molar-refractivity contribution in [3.8, 4) is 0 Å². The number of ketones is 1. The van der Waals surface area contributed by atoms with E-state index in [0.717, 1.165) is 5.69 Å². The van der Waals surface area contributed by atoms with Gasteiger partial charge in [-0.3, -0.25) is 9.48 Å². The molecule has 0 amide bonds. The second-order valence-electron chi connectivity index (χ2n) is 3.82. The first-order valence-corrected chi connectivity index (χ1v) is 4.54. The molecule has 0 N–H and O–H groups in total. The first kappa shape index (κ1) is 9.96. The SMILES string of the molecule is Cc1cc(C(=O)CC(C)C)n(C)n1. The van der Waals surface area contributed by atoms with Crippen LogP contribution in [0.15, 0.2) is 6.07 Å². The summed E-state index contributed by atoms with van der Waals surface area (Å²) in [6, 6.07) is 1.84. The highest BCUT2D eigenvalue weighted by Crippen LogP contribution is 2.09. The van der Waals surface area contributed by atoms with Crippen molar-refractivity contribution in [2.75, 3.05) is 0 Å². The normalized spacial score (nSPS) is 10.8. The summed E-state index contributed by atoms with van der Waals surface area (Å²) in [5, 5.41) is 4.14. The van der Waals surface area contributed by atoms with Crippen molar-refractivity contribution in [3.63, 3.8) is 0 Å². The number of hydrogen-bond acceptors (Lipinski definition) is 2. The van der Waals surface area contributed by atoms with Gasteiger partial charge in [-0.05, 0) is 18.9 Å². The molecule has 3 heteroatoms. The van der Waals surface area contributed by atoms with Crippen LogP contribution in [0.3, 0.4) is 0 Å².